The van der Waals surface area contributed by atoms with Crippen LogP contribution in [-0.4, -0.2) is 14.7 Å². The van der Waals surface area contributed by atoms with E-state index in [0.29, 0.717) is 0 Å². The zero-order valence-electron chi connectivity index (χ0n) is 9.93. The molecule has 0 spiro atoms. The van der Waals surface area contributed by atoms with Crippen molar-refractivity contribution in [3.63, 3.8) is 0 Å². The Morgan fingerprint density at radius 2 is 2.25 bits per heavy atom. The molecule has 0 aliphatic rings. The van der Waals surface area contributed by atoms with Crippen LogP contribution in [-0.2, 0) is 0 Å². The first-order valence-corrected chi connectivity index (χ1v) is 5.83. The normalized spacial score (nSPS) is 12.6. The lowest BCUT2D eigenvalue weighted by atomic mass is 10.1. The van der Waals surface area contributed by atoms with Crippen LogP contribution in [0, 0.1) is 10.1 Å². The molecule has 0 N–H and O–H groups in total. The molecule has 90 valence electrons. The molecule has 0 bridgehead atoms. The van der Waals surface area contributed by atoms with Gasteiger partial charge in [0.15, 0.2) is 0 Å². The lowest BCUT2D eigenvalue weighted by Gasteiger charge is -2.10. The highest BCUT2D eigenvalue weighted by molar-refractivity contribution is 5.20. The average molecular weight is 225 g/mol. The molecule has 0 aromatic carbocycles. The summed E-state index contributed by atoms with van der Waals surface area (Å²) in [6.45, 7) is 4.23. The number of hydrogen-bond acceptors (Lipinski definition) is 3. The van der Waals surface area contributed by atoms with Crippen LogP contribution in [0.25, 0.3) is 0 Å². The SMILES string of the molecule is CCCCCC[C@@H](C)n1cc([N+](=O)[O-])cn1. The van der Waals surface area contributed by atoms with Gasteiger partial charge in [-0.2, -0.15) is 5.10 Å². The van der Waals surface area contributed by atoms with E-state index in [-0.39, 0.29) is 11.7 Å². The zero-order valence-corrected chi connectivity index (χ0v) is 9.93. The molecule has 0 aliphatic heterocycles. The predicted octanol–water partition coefficient (Wildman–Crippen LogP) is 3.32. The van der Waals surface area contributed by atoms with Crippen LogP contribution < -0.4 is 0 Å². The summed E-state index contributed by atoms with van der Waals surface area (Å²) < 4.78 is 1.68. The highest BCUT2D eigenvalue weighted by Crippen LogP contribution is 2.18. The fraction of sp³-hybridized carbons (Fsp3) is 0.727. The van der Waals surface area contributed by atoms with Crippen molar-refractivity contribution in [3.05, 3.63) is 22.5 Å². The topological polar surface area (TPSA) is 61.0 Å². The Morgan fingerprint density at radius 1 is 1.50 bits per heavy atom. The van der Waals surface area contributed by atoms with E-state index in [1.165, 1.54) is 31.7 Å². The molecule has 0 radical (unpaired) electrons. The van der Waals surface area contributed by atoms with E-state index in [0.717, 1.165) is 12.8 Å². The smallest absolute Gasteiger partial charge is 0.263 e. The molecule has 0 saturated carbocycles. The molecular weight excluding hydrogens is 206 g/mol. The van der Waals surface area contributed by atoms with E-state index in [1.54, 1.807) is 4.68 Å². The summed E-state index contributed by atoms with van der Waals surface area (Å²) in [5, 5.41) is 14.5. The minimum atomic E-state index is -0.409. The standard InChI is InChI=1S/C11H19N3O2/c1-3-4-5-6-7-10(2)13-9-11(8-12-13)14(15)16/h8-10H,3-7H2,1-2H3/t10-/m1/s1. The first-order valence-electron chi connectivity index (χ1n) is 5.83. The molecule has 16 heavy (non-hydrogen) atoms. The number of nitro groups is 1. The molecule has 0 unspecified atom stereocenters. The van der Waals surface area contributed by atoms with Crippen molar-refractivity contribution in [3.8, 4) is 0 Å². The van der Waals surface area contributed by atoms with Crippen LogP contribution in [0.15, 0.2) is 12.4 Å². The summed E-state index contributed by atoms with van der Waals surface area (Å²) in [7, 11) is 0. The Labute approximate surface area is 95.6 Å². The van der Waals surface area contributed by atoms with E-state index in [2.05, 4.69) is 12.0 Å². The van der Waals surface area contributed by atoms with Gasteiger partial charge in [0.1, 0.15) is 12.4 Å². The summed E-state index contributed by atoms with van der Waals surface area (Å²) in [6, 6.07) is 0.241. The molecule has 5 nitrogen and oxygen atoms in total. The molecule has 1 heterocycles. The van der Waals surface area contributed by atoms with E-state index in [9.17, 15) is 10.1 Å². The Balaban J connectivity index is 2.40. The number of unbranched alkanes of at least 4 members (excludes halogenated alkanes) is 3. The van der Waals surface area contributed by atoms with Gasteiger partial charge < -0.3 is 0 Å². The number of hydrogen-bond donors (Lipinski definition) is 0. The first-order chi connectivity index (χ1) is 7.65. The minimum absolute atomic E-state index is 0.0698. The van der Waals surface area contributed by atoms with Gasteiger partial charge in [-0.1, -0.05) is 32.6 Å². The quantitative estimate of drug-likeness (QED) is 0.406. The summed E-state index contributed by atoms with van der Waals surface area (Å²) >= 11 is 0. The maximum Gasteiger partial charge on any atom is 0.307 e. The van der Waals surface area contributed by atoms with Crippen LogP contribution >= 0.6 is 0 Å². The van der Waals surface area contributed by atoms with Gasteiger partial charge in [0.25, 0.3) is 0 Å². The van der Waals surface area contributed by atoms with E-state index in [1.807, 2.05) is 6.92 Å². The van der Waals surface area contributed by atoms with Crippen LogP contribution in [0.3, 0.4) is 0 Å². The van der Waals surface area contributed by atoms with Gasteiger partial charge in [-0.3, -0.25) is 14.8 Å². The van der Waals surface area contributed by atoms with E-state index < -0.39 is 4.92 Å². The Bertz CT molecular complexity index is 336. The molecular formula is C11H19N3O2. The summed E-state index contributed by atoms with van der Waals surface area (Å²) in [4.78, 5) is 10.1. The van der Waals surface area contributed by atoms with Crippen molar-refractivity contribution < 1.29 is 4.92 Å². The molecule has 0 saturated heterocycles. The molecule has 0 fully saturated rings. The van der Waals surface area contributed by atoms with Crippen molar-refractivity contribution in [1.29, 1.82) is 0 Å². The Hall–Kier alpha value is -1.39. The highest BCUT2D eigenvalue weighted by atomic mass is 16.6. The molecule has 1 rings (SSSR count). The lowest BCUT2D eigenvalue weighted by Crippen LogP contribution is -2.05. The summed E-state index contributed by atoms with van der Waals surface area (Å²) in [5.41, 5.74) is 0.0698. The van der Waals surface area contributed by atoms with Gasteiger partial charge in [-0.05, 0) is 13.3 Å². The molecule has 5 heteroatoms. The predicted molar refractivity (Wildman–Crippen MR) is 62.4 cm³/mol. The molecule has 1 atom stereocenters. The fourth-order valence-corrected chi connectivity index (χ4v) is 1.66. The largest absolute Gasteiger partial charge is 0.307 e. The van der Waals surface area contributed by atoms with E-state index >= 15 is 0 Å². The second kappa shape index (κ2) is 6.25. The third-order valence-corrected chi connectivity index (χ3v) is 2.73. The molecule has 0 amide bonds. The summed E-state index contributed by atoms with van der Waals surface area (Å²) in [6.07, 6.45) is 8.70. The van der Waals surface area contributed by atoms with Crippen LogP contribution in [0.1, 0.15) is 52.0 Å². The van der Waals surface area contributed by atoms with Crippen LogP contribution in [0.5, 0.6) is 0 Å². The van der Waals surface area contributed by atoms with Crippen molar-refractivity contribution in [2.75, 3.05) is 0 Å². The van der Waals surface area contributed by atoms with E-state index in [4.69, 9.17) is 0 Å². The summed E-state index contributed by atoms with van der Waals surface area (Å²) in [5.74, 6) is 0. The third kappa shape index (κ3) is 3.64. The second-order valence-electron chi connectivity index (χ2n) is 4.13. The average Bonchev–Trinajstić information content (AvgIpc) is 2.73. The van der Waals surface area contributed by atoms with Gasteiger partial charge in [-0.15, -0.1) is 0 Å². The van der Waals surface area contributed by atoms with Crippen molar-refractivity contribution in [1.82, 2.24) is 9.78 Å². The van der Waals surface area contributed by atoms with Crippen LogP contribution in [0.4, 0.5) is 5.69 Å². The number of aromatic nitrogens is 2. The highest BCUT2D eigenvalue weighted by Gasteiger charge is 2.12. The van der Waals surface area contributed by atoms with Crippen molar-refractivity contribution >= 4 is 5.69 Å². The second-order valence-corrected chi connectivity index (χ2v) is 4.13. The van der Waals surface area contributed by atoms with Crippen molar-refractivity contribution in [2.24, 2.45) is 0 Å². The Morgan fingerprint density at radius 3 is 2.81 bits per heavy atom. The minimum Gasteiger partial charge on any atom is -0.263 e. The monoisotopic (exact) mass is 225 g/mol. The third-order valence-electron chi connectivity index (χ3n) is 2.73. The lowest BCUT2D eigenvalue weighted by molar-refractivity contribution is -0.385. The Kier molecular flexibility index (Phi) is 4.95. The van der Waals surface area contributed by atoms with Crippen molar-refractivity contribution in [2.45, 2.75) is 52.0 Å². The molecule has 0 aliphatic carbocycles. The zero-order chi connectivity index (χ0) is 12.0. The first kappa shape index (κ1) is 12.7. The molecule has 1 aromatic rings. The maximum absolute atomic E-state index is 10.5. The maximum atomic E-state index is 10.5. The fourth-order valence-electron chi connectivity index (χ4n) is 1.66. The number of rotatable bonds is 7. The van der Waals surface area contributed by atoms with Gasteiger partial charge in [0, 0.05) is 6.04 Å². The van der Waals surface area contributed by atoms with Gasteiger partial charge in [0.2, 0.25) is 0 Å². The number of nitrogens with zero attached hydrogens (tertiary/aromatic N) is 3. The van der Waals surface area contributed by atoms with Crippen LogP contribution in [0.2, 0.25) is 0 Å². The van der Waals surface area contributed by atoms with Gasteiger partial charge in [-0.25, -0.2) is 0 Å². The van der Waals surface area contributed by atoms with Gasteiger partial charge >= 0.3 is 5.69 Å². The van der Waals surface area contributed by atoms with Gasteiger partial charge in [0.05, 0.1) is 4.92 Å². The molecule has 1 aromatic heterocycles.